The van der Waals surface area contributed by atoms with E-state index in [-0.39, 0.29) is 19.3 Å². The molecule has 0 aromatic carbocycles. The highest BCUT2D eigenvalue weighted by Gasteiger charge is 2.38. The number of aliphatic hydroxyl groups is 2. The van der Waals surface area contributed by atoms with Gasteiger partial charge in [0, 0.05) is 18.7 Å². The third-order valence-electron chi connectivity index (χ3n) is 3.61. The lowest BCUT2D eigenvalue weighted by Gasteiger charge is -2.15. The van der Waals surface area contributed by atoms with Crippen molar-refractivity contribution >= 4 is 0 Å². The summed E-state index contributed by atoms with van der Waals surface area (Å²) in [5.74, 6) is 0. The second-order valence-electron chi connectivity index (χ2n) is 4.98. The molecule has 1 aliphatic rings. The largest absolute Gasteiger partial charge is 0.394 e. The maximum absolute atomic E-state index is 11.8. The minimum atomic E-state index is -0.631. The van der Waals surface area contributed by atoms with Crippen molar-refractivity contribution in [1.82, 2.24) is 24.5 Å². The lowest BCUT2D eigenvalue weighted by atomic mass is 10.1. The Bertz CT molecular complexity index is 766. The SMILES string of the molecule is O=c1ccn([C@H]2C[C@H](n3cc(CO)nn3)[C@@H](CO)O2)c(=O)[nH]1. The molecule has 0 radical (unpaired) electrons. The highest BCUT2D eigenvalue weighted by atomic mass is 16.5. The second kappa shape index (κ2) is 5.83. The molecule has 0 saturated carbocycles. The summed E-state index contributed by atoms with van der Waals surface area (Å²) in [5.41, 5.74) is -0.663. The first-order valence-corrected chi connectivity index (χ1v) is 6.71. The molecule has 3 N–H and O–H groups in total. The van der Waals surface area contributed by atoms with Gasteiger partial charge >= 0.3 is 5.69 Å². The Balaban J connectivity index is 1.88. The predicted octanol–water partition coefficient (Wildman–Crippen LogP) is -1.86. The van der Waals surface area contributed by atoms with Crippen LogP contribution in [0.1, 0.15) is 24.4 Å². The normalized spacial score (nSPS) is 24.7. The molecule has 118 valence electrons. The lowest BCUT2D eigenvalue weighted by molar-refractivity contribution is -0.0323. The van der Waals surface area contributed by atoms with Gasteiger partial charge in [0.25, 0.3) is 5.56 Å². The predicted molar refractivity (Wildman–Crippen MR) is 71.9 cm³/mol. The van der Waals surface area contributed by atoms with Gasteiger partial charge in [-0.25, -0.2) is 9.48 Å². The van der Waals surface area contributed by atoms with Crippen molar-refractivity contribution in [1.29, 1.82) is 0 Å². The molecule has 2 aromatic heterocycles. The minimum absolute atomic E-state index is 0.236. The monoisotopic (exact) mass is 309 g/mol. The molecule has 0 amide bonds. The smallest absolute Gasteiger partial charge is 0.330 e. The Morgan fingerprint density at radius 3 is 2.86 bits per heavy atom. The summed E-state index contributed by atoms with van der Waals surface area (Å²) in [4.78, 5) is 25.1. The summed E-state index contributed by atoms with van der Waals surface area (Å²) in [7, 11) is 0. The fourth-order valence-corrected chi connectivity index (χ4v) is 2.53. The van der Waals surface area contributed by atoms with Gasteiger partial charge in [-0.1, -0.05) is 5.21 Å². The first-order chi connectivity index (χ1) is 10.6. The molecule has 0 aliphatic carbocycles. The fourth-order valence-electron chi connectivity index (χ4n) is 2.53. The van der Waals surface area contributed by atoms with E-state index in [1.165, 1.54) is 21.5 Å². The average Bonchev–Trinajstić information content (AvgIpc) is 3.13. The van der Waals surface area contributed by atoms with Crippen LogP contribution in [0.4, 0.5) is 0 Å². The van der Waals surface area contributed by atoms with Crippen molar-refractivity contribution in [3.8, 4) is 0 Å². The lowest BCUT2D eigenvalue weighted by Crippen LogP contribution is -2.31. The number of aliphatic hydroxyl groups excluding tert-OH is 2. The van der Waals surface area contributed by atoms with Crippen molar-refractivity contribution < 1.29 is 14.9 Å². The van der Waals surface area contributed by atoms with Gasteiger partial charge in [0.05, 0.1) is 25.5 Å². The highest BCUT2D eigenvalue weighted by molar-refractivity contribution is 4.95. The summed E-state index contributed by atoms with van der Waals surface area (Å²) in [6.07, 6.45) is 2.08. The Hall–Kier alpha value is -2.30. The van der Waals surface area contributed by atoms with Gasteiger partial charge in [-0.3, -0.25) is 14.3 Å². The van der Waals surface area contributed by atoms with Crippen LogP contribution in [0.5, 0.6) is 0 Å². The van der Waals surface area contributed by atoms with E-state index < -0.39 is 23.6 Å². The summed E-state index contributed by atoms with van der Waals surface area (Å²) in [6.45, 7) is -0.492. The van der Waals surface area contributed by atoms with Crippen LogP contribution >= 0.6 is 0 Å². The van der Waals surface area contributed by atoms with Crippen LogP contribution in [0.2, 0.25) is 0 Å². The van der Waals surface area contributed by atoms with E-state index in [0.29, 0.717) is 12.1 Å². The number of H-pyrrole nitrogens is 1. The van der Waals surface area contributed by atoms with Crippen molar-refractivity contribution in [3.05, 3.63) is 45.0 Å². The van der Waals surface area contributed by atoms with E-state index in [1.807, 2.05) is 0 Å². The number of nitrogens with zero attached hydrogens (tertiary/aromatic N) is 4. The average molecular weight is 309 g/mol. The molecule has 0 spiro atoms. The molecule has 22 heavy (non-hydrogen) atoms. The Kier molecular flexibility index (Phi) is 3.88. The molecule has 3 heterocycles. The third kappa shape index (κ3) is 2.58. The van der Waals surface area contributed by atoms with E-state index in [4.69, 9.17) is 9.84 Å². The Morgan fingerprint density at radius 2 is 2.23 bits per heavy atom. The number of hydrogen-bond acceptors (Lipinski definition) is 7. The van der Waals surface area contributed by atoms with Crippen molar-refractivity contribution in [2.75, 3.05) is 6.61 Å². The van der Waals surface area contributed by atoms with Gasteiger partial charge in [0.1, 0.15) is 18.0 Å². The van der Waals surface area contributed by atoms with Gasteiger partial charge in [-0.15, -0.1) is 5.10 Å². The summed E-state index contributed by atoms with van der Waals surface area (Å²) < 4.78 is 8.43. The van der Waals surface area contributed by atoms with E-state index in [9.17, 15) is 14.7 Å². The van der Waals surface area contributed by atoms with Gasteiger partial charge in [0.15, 0.2) is 0 Å². The van der Waals surface area contributed by atoms with Gasteiger partial charge in [-0.05, 0) is 0 Å². The van der Waals surface area contributed by atoms with E-state index in [2.05, 4.69) is 15.3 Å². The van der Waals surface area contributed by atoms with Crippen LogP contribution in [-0.4, -0.2) is 47.5 Å². The summed E-state index contributed by atoms with van der Waals surface area (Å²) >= 11 is 0. The summed E-state index contributed by atoms with van der Waals surface area (Å²) in [6, 6.07) is 0.896. The molecule has 0 unspecified atom stereocenters. The first kappa shape index (κ1) is 14.6. The zero-order chi connectivity index (χ0) is 15.7. The van der Waals surface area contributed by atoms with Crippen LogP contribution in [0.3, 0.4) is 0 Å². The molecule has 1 fully saturated rings. The van der Waals surface area contributed by atoms with Crippen LogP contribution in [0.25, 0.3) is 0 Å². The first-order valence-electron chi connectivity index (χ1n) is 6.71. The van der Waals surface area contributed by atoms with Crippen LogP contribution in [0.15, 0.2) is 28.0 Å². The quantitative estimate of drug-likeness (QED) is 0.602. The number of aromatic nitrogens is 5. The molecule has 1 saturated heterocycles. The van der Waals surface area contributed by atoms with Gasteiger partial charge in [-0.2, -0.15) is 0 Å². The molecule has 0 bridgehead atoms. The van der Waals surface area contributed by atoms with Crippen LogP contribution in [0, 0.1) is 0 Å². The second-order valence-corrected chi connectivity index (χ2v) is 4.98. The number of hydrogen-bond donors (Lipinski definition) is 3. The fraction of sp³-hybridized carbons (Fsp3) is 0.500. The molecule has 1 aliphatic heterocycles. The number of rotatable bonds is 4. The molecule has 3 atom stereocenters. The van der Waals surface area contributed by atoms with Crippen molar-refractivity contribution in [2.24, 2.45) is 0 Å². The summed E-state index contributed by atoms with van der Waals surface area (Å²) in [5, 5.41) is 26.2. The van der Waals surface area contributed by atoms with Crippen LogP contribution in [-0.2, 0) is 11.3 Å². The van der Waals surface area contributed by atoms with Crippen LogP contribution < -0.4 is 11.2 Å². The van der Waals surface area contributed by atoms with Crippen molar-refractivity contribution in [2.45, 2.75) is 31.4 Å². The minimum Gasteiger partial charge on any atom is -0.394 e. The Morgan fingerprint density at radius 1 is 1.41 bits per heavy atom. The topological polar surface area (TPSA) is 135 Å². The van der Waals surface area contributed by atoms with E-state index in [0.717, 1.165) is 0 Å². The van der Waals surface area contributed by atoms with E-state index >= 15 is 0 Å². The zero-order valence-electron chi connectivity index (χ0n) is 11.5. The molecular weight excluding hydrogens is 294 g/mol. The van der Waals surface area contributed by atoms with Gasteiger partial charge < -0.3 is 14.9 Å². The maximum Gasteiger partial charge on any atom is 0.330 e. The number of nitrogens with one attached hydrogen (secondary N) is 1. The third-order valence-corrected chi connectivity index (χ3v) is 3.61. The number of ether oxygens (including phenoxy) is 1. The molecular formula is C12H15N5O5. The Labute approximate surface area is 123 Å². The standard InChI is InChI=1S/C12H15N5O5/c18-5-7-4-17(15-14-7)8-3-11(22-9(8)6-19)16-2-1-10(20)13-12(16)21/h1-2,4,8-9,11,18-19H,3,5-6H2,(H,13,20,21)/t8-,9+,11+/m0/s1. The van der Waals surface area contributed by atoms with Crippen molar-refractivity contribution in [3.63, 3.8) is 0 Å². The zero-order valence-corrected chi connectivity index (χ0v) is 11.5. The molecule has 10 heteroatoms. The highest BCUT2D eigenvalue weighted by Crippen LogP contribution is 2.35. The maximum atomic E-state index is 11.8. The van der Waals surface area contributed by atoms with E-state index in [1.54, 1.807) is 6.20 Å². The van der Waals surface area contributed by atoms with Gasteiger partial charge in [0.2, 0.25) is 0 Å². The molecule has 3 rings (SSSR count). The molecule has 10 nitrogen and oxygen atoms in total. The molecule has 2 aromatic rings. The number of aromatic amines is 1.